The summed E-state index contributed by atoms with van der Waals surface area (Å²) in [4.78, 5) is 35.1. The van der Waals surface area contributed by atoms with E-state index in [1.807, 2.05) is 0 Å². The topological polar surface area (TPSA) is 95.2 Å². The maximum Gasteiger partial charge on any atom is 0.229 e. The molecule has 0 aromatic carbocycles. The molecule has 0 atom stereocenters. The lowest BCUT2D eigenvalue weighted by Gasteiger charge is -2.12. The fraction of sp³-hybridized carbons (Fsp3) is 0.400. The van der Waals surface area contributed by atoms with E-state index in [0.717, 1.165) is 4.90 Å². The highest BCUT2D eigenvalue weighted by molar-refractivity contribution is 6.02. The Morgan fingerprint density at radius 2 is 2.12 bits per heavy atom. The number of imide groups is 1. The quantitative estimate of drug-likeness (QED) is 0.713. The Morgan fingerprint density at radius 3 is 2.71 bits per heavy atom. The van der Waals surface area contributed by atoms with Gasteiger partial charge in [0.1, 0.15) is 5.82 Å². The van der Waals surface area contributed by atoms with Crippen molar-refractivity contribution >= 4 is 23.5 Å². The summed E-state index contributed by atoms with van der Waals surface area (Å²) in [5.74, 6) is -0.176. The Hall–Kier alpha value is -2.18. The van der Waals surface area contributed by atoms with E-state index in [1.165, 1.54) is 6.20 Å². The summed E-state index contributed by atoms with van der Waals surface area (Å²) < 4.78 is 0. The highest BCUT2D eigenvalue weighted by Gasteiger charge is 2.28. The van der Waals surface area contributed by atoms with Crippen LogP contribution in [0.2, 0.25) is 0 Å². The summed E-state index contributed by atoms with van der Waals surface area (Å²) in [5.41, 5.74) is 0. The number of nitrogens with zero attached hydrogens (tertiary/aromatic N) is 2. The second kappa shape index (κ2) is 4.77. The molecule has 2 heterocycles. The van der Waals surface area contributed by atoms with Gasteiger partial charge in [-0.2, -0.15) is 5.10 Å². The predicted molar refractivity (Wildman–Crippen MR) is 57.8 cm³/mol. The average Bonchev–Trinajstić information content (AvgIpc) is 2.88. The van der Waals surface area contributed by atoms with Crippen molar-refractivity contribution in [1.82, 2.24) is 15.1 Å². The van der Waals surface area contributed by atoms with Gasteiger partial charge in [-0.25, -0.2) is 0 Å². The number of carbonyl (C=O) groups is 3. The summed E-state index contributed by atoms with van der Waals surface area (Å²) >= 11 is 0. The van der Waals surface area contributed by atoms with Gasteiger partial charge in [-0.15, -0.1) is 0 Å². The molecule has 17 heavy (non-hydrogen) atoms. The zero-order chi connectivity index (χ0) is 12.3. The van der Waals surface area contributed by atoms with Crippen LogP contribution in [0.25, 0.3) is 0 Å². The third kappa shape index (κ3) is 2.68. The van der Waals surface area contributed by atoms with Gasteiger partial charge >= 0.3 is 0 Å². The molecular weight excluding hydrogens is 224 g/mol. The molecule has 0 bridgehead atoms. The van der Waals surface area contributed by atoms with Gasteiger partial charge in [-0.3, -0.25) is 24.4 Å². The molecule has 1 fully saturated rings. The van der Waals surface area contributed by atoms with E-state index in [4.69, 9.17) is 0 Å². The number of aromatic nitrogens is 2. The van der Waals surface area contributed by atoms with Gasteiger partial charge in [0.05, 0.1) is 6.20 Å². The first-order valence-electron chi connectivity index (χ1n) is 5.29. The van der Waals surface area contributed by atoms with Gasteiger partial charge in [0, 0.05) is 31.9 Å². The normalized spacial score (nSPS) is 15.4. The molecule has 0 radical (unpaired) electrons. The van der Waals surface area contributed by atoms with Crippen LogP contribution in [0.5, 0.6) is 0 Å². The van der Waals surface area contributed by atoms with Crippen molar-refractivity contribution in [3.63, 3.8) is 0 Å². The smallest absolute Gasteiger partial charge is 0.229 e. The maximum absolute atomic E-state index is 11.5. The molecule has 2 N–H and O–H groups in total. The second-order valence-corrected chi connectivity index (χ2v) is 3.71. The molecule has 1 saturated heterocycles. The van der Waals surface area contributed by atoms with Crippen LogP contribution in [0, 0.1) is 0 Å². The summed E-state index contributed by atoms with van der Waals surface area (Å²) in [6, 6.07) is 1.62. The first-order valence-corrected chi connectivity index (χ1v) is 5.29. The number of likely N-dealkylation sites (tertiary alicyclic amines) is 1. The molecule has 3 amide bonds. The number of hydrogen-bond donors (Lipinski definition) is 2. The van der Waals surface area contributed by atoms with Crippen LogP contribution in [0.1, 0.15) is 19.3 Å². The lowest BCUT2D eigenvalue weighted by molar-refractivity contribution is -0.138. The average molecular weight is 236 g/mol. The summed E-state index contributed by atoms with van der Waals surface area (Å²) in [6.45, 7) is 0.137. The Bertz CT molecular complexity index is 424. The van der Waals surface area contributed by atoms with Gasteiger partial charge in [-0.1, -0.05) is 0 Å². The molecule has 1 aromatic heterocycles. The second-order valence-electron chi connectivity index (χ2n) is 3.71. The molecule has 2 rings (SSSR count). The molecule has 0 spiro atoms. The van der Waals surface area contributed by atoms with Crippen LogP contribution in [0.15, 0.2) is 12.3 Å². The molecule has 1 aliphatic rings. The highest BCUT2D eigenvalue weighted by Crippen LogP contribution is 2.12. The minimum Gasteiger partial charge on any atom is -0.311 e. The Labute approximate surface area is 97.2 Å². The number of aromatic amines is 1. The van der Waals surface area contributed by atoms with Gasteiger partial charge < -0.3 is 5.32 Å². The van der Waals surface area contributed by atoms with Crippen molar-refractivity contribution in [2.45, 2.75) is 19.3 Å². The van der Waals surface area contributed by atoms with E-state index < -0.39 is 0 Å². The van der Waals surface area contributed by atoms with Crippen molar-refractivity contribution in [2.24, 2.45) is 0 Å². The Kier molecular flexibility index (Phi) is 3.17. The molecule has 7 heteroatoms. The fourth-order valence-corrected chi connectivity index (χ4v) is 1.62. The molecule has 1 aromatic rings. The van der Waals surface area contributed by atoms with Gasteiger partial charge in [-0.05, 0) is 0 Å². The van der Waals surface area contributed by atoms with Gasteiger partial charge in [0.25, 0.3) is 0 Å². The van der Waals surface area contributed by atoms with E-state index in [0.29, 0.717) is 5.82 Å². The fourth-order valence-electron chi connectivity index (χ4n) is 1.62. The minimum absolute atomic E-state index is 0.0937. The summed E-state index contributed by atoms with van der Waals surface area (Å²) in [7, 11) is 0. The number of carbonyl (C=O) groups excluding carboxylic acids is 3. The molecule has 0 saturated carbocycles. The van der Waals surface area contributed by atoms with Crippen LogP contribution < -0.4 is 5.32 Å². The van der Waals surface area contributed by atoms with Crippen molar-refractivity contribution in [3.8, 4) is 0 Å². The zero-order valence-electron chi connectivity index (χ0n) is 9.10. The van der Waals surface area contributed by atoms with Crippen LogP contribution in [-0.2, 0) is 14.4 Å². The van der Waals surface area contributed by atoms with E-state index in [-0.39, 0.29) is 43.5 Å². The molecule has 0 aliphatic carbocycles. The van der Waals surface area contributed by atoms with E-state index in [9.17, 15) is 14.4 Å². The Morgan fingerprint density at radius 1 is 1.41 bits per heavy atom. The van der Waals surface area contributed by atoms with E-state index >= 15 is 0 Å². The summed E-state index contributed by atoms with van der Waals surface area (Å²) in [5, 5.41) is 8.83. The van der Waals surface area contributed by atoms with Crippen LogP contribution in [0.3, 0.4) is 0 Å². The maximum atomic E-state index is 11.5. The number of amides is 3. The van der Waals surface area contributed by atoms with Gasteiger partial charge in [0.15, 0.2) is 0 Å². The first-order chi connectivity index (χ1) is 8.16. The number of anilines is 1. The first kappa shape index (κ1) is 11.3. The molecule has 0 unspecified atom stereocenters. The molecule has 1 aliphatic heterocycles. The van der Waals surface area contributed by atoms with E-state index in [1.54, 1.807) is 6.07 Å². The van der Waals surface area contributed by atoms with E-state index in [2.05, 4.69) is 15.5 Å². The predicted octanol–water partition coefficient (Wildman–Crippen LogP) is -0.113. The Balaban J connectivity index is 1.80. The number of rotatable bonds is 4. The molecular formula is C10H12N4O3. The lowest BCUT2D eigenvalue weighted by Crippen LogP contribution is -2.32. The largest absolute Gasteiger partial charge is 0.311 e. The van der Waals surface area contributed by atoms with Crippen molar-refractivity contribution in [3.05, 3.63) is 12.3 Å². The van der Waals surface area contributed by atoms with Gasteiger partial charge in [0.2, 0.25) is 17.7 Å². The zero-order valence-corrected chi connectivity index (χ0v) is 9.10. The molecule has 90 valence electrons. The van der Waals surface area contributed by atoms with Crippen molar-refractivity contribution in [2.75, 3.05) is 11.9 Å². The number of hydrogen-bond acceptors (Lipinski definition) is 4. The SMILES string of the molecule is O=C(CCN1C(=O)CCC1=O)Nc1ccn[nH]1. The monoisotopic (exact) mass is 236 g/mol. The van der Waals surface area contributed by atoms with Crippen molar-refractivity contribution in [1.29, 1.82) is 0 Å². The third-order valence-electron chi connectivity index (χ3n) is 2.49. The summed E-state index contributed by atoms with van der Waals surface area (Å²) in [6.07, 6.45) is 2.11. The number of H-pyrrole nitrogens is 1. The standard InChI is InChI=1S/C10H12N4O3/c15-8(12-7-3-5-11-13-7)4-6-14-9(16)1-2-10(14)17/h3,5H,1-2,4,6H2,(H2,11,12,13,15). The third-order valence-corrected chi connectivity index (χ3v) is 2.49. The minimum atomic E-state index is -0.262. The van der Waals surface area contributed by atoms with Crippen LogP contribution in [-0.4, -0.2) is 39.4 Å². The van der Waals surface area contributed by atoms with Crippen LogP contribution >= 0.6 is 0 Å². The highest BCUT2D eigenvalue weighted by atomic mass is 16.2. The van der Waals surface area contributed by atoms with Crippen LogP contribution in [0.4, 0.5) is 5.82 Å². The lowest BCUT2D eigenvalue weighted by atomic mass is 10.3. The van der Waals surface area contributed by atoms with Crippen molar-refractivity contribution < 1.29 is 14.4 Å². The number of nitrogens with one attached hydrogen (secondary N) is 2. The molecule has 7 nitrogen and oxygen atoms in total.